The van der Waals surface area contributed by atoms with Gasteiger partial charge >= 0.3 is 0 Å². The van der Waals surface area contributed by atoms with Crippen molar-refractivity contribution in [3.05, 3.63) is 63.0 Å². The summed E-state index contributed by atoms with van der Waals surface area (Å²) in [5, 5.41) is 3.93. The van der Waals surface area contributed by atoms with E-state index in [-0.39, 0.29) is 5.56 Å². The van der Waals surface area contributed by atoms with Crippen molar-refractivity contribution in [3.8, 4) is 0 Å². The van der Waals surface area contributed by atoms with E-state index in [0.717, 1.165) is 5.56 Å². The van der Waals surface area contributed by atoms with Crippen LogP contribution in [0.4, 0.5) is 0 Å². The molecule has 0 amide bonds. The fourth-order valence-electron chi connectivity index (χ4n) is 1.81. The van der Waals surface area contributed by atoms with E-state index in [4.69, 9.17) is 0 Å². The smallest absolute Gasteiger partial charge is 0.267 e. The van der Waals surface area contributed by atoms with E-state index in [2.05, 4.69) is 16.1 Å². The molecule has 94 valence electrons. The Balaban J connectivity index is 1.99. The zero-order valence-electron chi connectivity index (χ0n) is 10.3. The third-order valence-corrected chi connectivity index (χ3v) is 3.37. The van der Waals surface area contributed by atoms with Crippen LogP contribution in [-0.2, 0) is 0 Å². The lowest BCUT2D eigenvalue weighted by atomic mass is 10.1. The van der Waals surface area contributed by atoms with Crippen LogP contribution >= 0.6 is 11.3 Å². The van der Waals surface area contributed by atoms with Crippen molar-refractivity contribution in [1.29, 1.82) is 0 Å². The third kappa shape index (κ3) is 2.46. The number of hydrogen-bond acceptors (Lipinski definition) is 4. The lowest BCUT2D eigenvalue weighted by molar-refractivity contribution is 0.897. The van der Waals surface area contributed by atoms with Crippen LogP contribution in [0.3, 0.4) is 0 Å². The van der Waals surface area contributed by atoms with Crippen molar-refractivity contribution in [3.63, 3.8) is 0 Å². The molecule has 2 aromatic heterocycles. The minimum absolute atomic E-state index is 0.157. The minimum atomic E-state index is -0.157. The maximum Gasteiger partial charge on any atom is 0.275 e. The van der Waals surface area contributed by atoms with Gasteiger partial charge < -0.3 is 0 Å². The number of aromatic nitrogens is 3. The molecule has 0 aliphatic carbocycles. The predicted octanol–water partition coefficient (Wildman–Crippen LogP) is 2.63. The highest BCUT2D eigenvalue weighted by Gasteiger charge is 2.01. The number of aryl methyl sites for hydroxylation is 1. The number of fused-ring (bicyclic) bond motifs is 1. The van der Waals surface area contributed by atoms with Crippen LogP contribution in [0.5, 0.6) is 0 Å². The second-order valence-electron chi connectivity index (χ2n) is 4.20. The largest absolute Gasteiger partial charge is 0.275 e. The summed E-state index contributed by atoms with van der Waals surface area (Å²) >= 11 is 1.35. The molecular weight excluding hydrogens is 258 g/mol. The van der Waals surface area contributed by atoms with Gasteiger partial charge in [-0.25, -0.2) is 4.98 Å². The van der Waals surface area contributed by atoms with Crippen molar-refractivity contribution in [2.45, 2.75) is 6.92 Å². The predicted molar refractivity (Wildman–Crippen MR) is 77.2 cm³/mol. The second kappa shape index (κ2) is 4.78. The Hall–Kier alpha value is -2.27. The molecule has 0 bridgehead atoms. The van der Waals surface area contributed by atoms with Crippen LogP contribution < -0.4 is 5.56 Å². The monoisotopic (exact) mass is 269 g/mol. The molecule has 0 unspecified atom stereocenters. The lowest BCUT2D eigenvalue weighted by Gasteiger charge is -1.96. The molecule has 0 aliphatic rings. The van der Waals surface area contributed by atoms with Gasteiger partial charge in [-0.2, -0.15) is 9.61 Å². The van der Waals surface area contributed by atoms with E-state index in [1.807, 2.05) is 37.3 Å². The number of nitrogens with zero attached hydrogens (tertiary/aromatic N) is 3. The third-order valence-electron chi connectivity index (χ3n) is 2.70. The van der Waals surface area contributed by atoms with Crippen LogP contribution in [0.25, 0.3) is 17.1 Å². The van der Waals surface area contributed by atoms with Crippen LogP contribution in [0.15, 0.2) is 40.6 Å². The Labute approximate surface area is 113 Å². The molecule has 0 saturated heterocycles. The molecule has 1 aromatic carbocycles. The second-order valence-corrected chi connectivity index (χ2v) is 5.01. The maximum atomic E-state index is 11.8. The first-order chi connectivity index (χ1) is 9.22. The molecule has 2 heterocycles. The molecule has 0 N–H and O–H groups in total. The zero-order valence-corrected chi connectivity index (χ0v) is 11.1. The molecule has 3 rings (SSSR count). The first-order valence-electron chi connectivity index (χ1n) is 5.81. The SMILES string of the molecule is Cc1cccc(C=Cc2cc(=O)n3ncsc3n2)c1. The van der Waals surface area contributed by atoms with E-state index in [0.29, 0.717) is 10.7 Å². The van der Waals surface area contributed by atoms with Gasteiger partial charge in [-0.3, -0.25) is 4.79 Å². The van der Waals surface area contributed by atoms with Crippen molar-refractivity contribution in [2.24, 2.45) is 0 Å². The van der Waals surface area contributed by atoms with Gasteiger partial charge in [-0.1, -0.05) is 47.2 Å². The number of benzene rings is 1. The average Bonchev–Trinajstić information content (AvgIpc) is 2.85. The Kier molecular flexibility index (Phi) is 2.97. The highest BCUT2D eigenvalue weighted by molar-refractivity contribution is 7.14. The highest BCUT2D eigenvalue weighted by atomic mass is 32.1. The fraction of sp³-hybridized carbons (Fsp3) is 0.0714. The van der Waals surface area contributed by atoms with Crippen molar-refractivity contribution in [2.75, 3.05) is 0 Å². The summed E-state index contributed by atoms with van der Waals surface area (Å²) in [5.41, 5.74) is 4.39. The lowest BCUT2D eigenvalue weighted by Crippen LogP contribution is -2.13. The Morgan fingerprint density at radius 3 is 3.00 bits per heavy atom. The molecule has 0 fully saturated rings. The molecule has 0 aliphatic heterocycles. The first-order valence-corrected chi connectivity index (χ1v) is 6.69. The van der Waals surface area contributed by atoms with Crippen LogP contribution in [-0.4, -0.2) is 14.6 Å². The van der Waals surface area contributed by atoms with Gasteiger partial charge in [0, 0.05) is 6.07 Å². The molecule has 19 heavy (non-hydrogen) atoms. The van der Waals surface area contributed by atoms with Gasteiger partial charge in [0.1, 0.15) is 5.51 Å². The molecule has 0 saturated carbocycles. The number of rotatable bonds is 2. The average molecular weight is 269 g/mol. The van der Waals surface area contributed by atoms with E-state index in [1.54, 1.807) is 5.51 Å². The van der Waals surface area contributed by atoms with Crippen LogP contribution in [0.1, 0.15) is 16.8 Å². The summed E-state index contributed by atoms with van der Waals surface area (Å²) in [5.74, 6) is 0. The standard InChI is InChI=1S/C14H11N3OS/c1-10-3-2-4-11(7-10)5-6-12-8-13(18)17-14(16-12)19-9-15-17/h2-9H,1H3. The number of hydrogen-bond donors (Lipinski definition) is 0. The Bertz CT molecular complexity index is 817. The van der Waals surface area contributed by atoms with Crippen LogP contribution in [0, 0.1) is 6.92 Å². The van der Waals surface area contributed by atoms with Crippen molar-refractivity contribution in [1.82, 2.24) is 14.6 Å². The summed E-state index contributed by atoms with van der Waals surface area (Å²) < 4.78 is 1.30. The summed E-state index contributed by atoms with van der Waals surface area (Å²) in [4.78, 5) is 16.7. The Morgan fingerprint density at radius 1 is 1.26 bits per heavy atom. The first kappa shape index (κ1) is 11.8. The van der Waals surface area contributed by atoms with Gasteiger partial charge in [0.2, 0.25) is 4.96 Å². The van der Waals surface area contributed by atoms with Gasteiger partial charge in [0.15, 0.2) is 0 Å². The van der Waals surface area contributed by atoms with E-state index >= 15 is 0 Å². The van der Waals surface area contributed by atoms with Gasteiger partial charge in [0.05, 0.1) is 5.69 Å². The highest BCUT2D eigenvalue weighted by Crippen LogP contribution is 2.09. The topological polar surface area (TPSA) is 47.3 Å². The van der Waals surface area contributed by atoms with E-state index in [1.165, 1.54) is 27.5 Å². The fourth-order valence-corrected chi connectivity index (χ4v) is 2.44. The Morgan fingerprint density at radius 2 is 2.16 bits per heavy atom. The van der Waals surface area contributed by atoms with E-state index in [9.17, 15) is 4.79 Å². The molecule has 4 nitrogen and oxygen atoms in total. The van der Waals surface area contributed by atoms with Gasteiger partial charge in [-0.15, -0.1) is 0 Å². The summed E-state index contributed by atoms with van der Waals surface area (Å²) in [7, 11) is 0. The normalized spacial score (nSPS) is 11.4. The molecular formula is C14H11N3OS. The molecule has 0 atom stereocenters. The summed E-state index contributed by atoms with van der Waals surface area (Å²) in [6.45, 7) is 2.05. The maximum absolute atomic E-state index is 11.8. The van der Waals surface area contributed by atoms with E-state index < -0.39 is 0 Å². The molecule has 5 heteroatoms. The zero-order chi connectivity index (χ0) is 13.2. The molecule has 0 spiro atoms. The van der Waals surface area contributed by atoms with Gasteiger partial charge in [0.25, 0.3) is 5.56 Å². The minimum Gasteiger partial charge on any atom is -0.267 e. The van der Waals surface area contributed by atoms with Crippen LogP contribution in [0.2, 0.25) is 0 Å². The summed E-state index contributed by atoms with van der Waals surface area (Å²) in [6.07, 6.45) is 3.79. The van der Waals surface area contributed by atoms with Crippen molar-refractivity contribution >= 4 is 28.4 Å². The van der Waals surface area contributed by atoms with Gasteiger partial charge in [-0.05, 0) is 18.6 Å². The summed E-state index contributed by atoms with van der Waals surface area (Å²) in [6, 6.07) is 9.63. The molecule has 0 radical (unpaired) electrons. The van der Waals surface area contributed by atoms with Crippen molar-refractivity contribution < 1.29 is 0 Å². The molecule has 3 aromatic rings. The quantitative estimate of drug-likeness (QED) is 0.718.